The lowest BCUT2D eigenvalue weighted by Crippen LogP contribution is -2.31. The molecule has 118 valence electrons. The molecular weight excluding hydrogens is 314 g/mol. The highest BCUT2D eigenvalue weighted by molar-refractivity contribution is 8.23. The first kappa shape index (κ1) is 17.0. The number of rotatable bonds is 5. The zero-order chi connectivity index (χ0) is 15.9. The fourth-order valence-corrected chi connectivity index (χ4v) is 3.62. The van der Waals surface area contributed by atoms with Crippen LogP contribution in [0, 0.1) is 0 Å². The van der Waals surface area contributed by atoms with E-state index in [4.69, 9.17) is 12.2 Å². The van der Waals surface area contributed by atoms with Crippen LogP contribution in [0.15, 0.2) is 35.4 Å². The van der Waals surface area contributed by atoms with E-state index in [1.165, 1.54) is 11.8 Å². The van der Waals surface area contributed by atoms with E-state index in [0.717, 1.165) is 29.4 Å². The minimum atomic E-state index is 0.00195. The first-order valence-electron chi connectivity index (χ1n) is 7.48. The predicted molar refractivity (Wildman–Crippen MR) is 97.1 cm³/mol. The molecule has 0 saturated heterocycles. The molecule has 1 aliphatic rings. The van der Waals surface area contributed by atoms with Crippen molar-refractivity contribution in [1.29, 1.82) is 0 Å². The van der Waals surface area contributed by atoms with Gasteiger partial charge in [-0.05, 0) is 19.4 Å². The third-order valence-electron chi connectivity index (χ3n) is 3.61. The van der Waals surface area contributed by atoms with Crippen LogP contribution in [-0.2, 0) is 4.79 Å². The average Bonchev–Trinajstić information content (AvgIpc) is 3.04. The molecule has 0 spiro atoms. The van der Waals surface area contributed by atoms with Crippen molar-refractivity contribution in [2.75, 3.05) is 18.8 Å². The first-order valence-corrected chi connectivity index (χ1v) is 8.87. The number of nitrogens with zero attached hydrogens (tertiary/aromatic N) is 3. The summed E-state index contributed by atoms with van der Waals surface area (Å²) >= 11 is 6.79. The monoisotopic (exact) mass is 335 g/mol. The molecule has 1 aliphatic heterocycles. The molecule has 22 heavy (non-hydrogen) atoms. The van der Waals surface area contributed by atoms with Crippen molar-refractivity contribution in [1.82, 2.24) is 9.91 Å². The van der Waals surface area contributed by atoms with Gasteiger partial charge in [0, 0.05) is 25.7 Å². The van der Waals surface area contributed by atoms with Gasteiger partial charge in [-0.15, -0.1) is 0 Å². The number of hydrogen-bond acceptors (Lipinski definition) is 4. The van der Waals surface area contributed by atoms with E-state index >= 15 is 0 Å². The van der Waals surface area contributed by atoms with Gasteiger partial charge in [0.25, 0.3) is 5.91 Å². The Morgan fingerprint density at radius 1 is 1.36 bits per heavy atom. The zero-order valence-corrected chi connectivity index (χ0v) is 14.6. The summed E-state index contributed by atoms with van der Waals surface area (Å²) < 4.78 is 0.776. The molecule has 0 bridgehead atoms. The van der Waals surface area contributed by atoms with Crippen molar-refractivity contribution >= 4 is 40.4 Å². The lowest BCUT2D eigenvalue weighted by molar-refractivity contribution is -0.130. The van der Waals surface area contributed by atoms with Crippen LogP contribution in [0.4, 0.5) is 0 Å². The normalized spacial score (nSPS) is 16.8. The number of hydrazone groups is 1. The van der Waals surface area contributed by atoms with Crippen LogP contribution >= 0.6 is 24.0 Å². The van der Waals surface area contributed by atoms with Gasteiger partial charge in [0.05, 0.1) is 11.8 Å². The fraction of sp³-hybridized carbons (Fsp3) is 0.438. The number of benzene rings is 1. The predicted octanol–water partition coefficient (Wildman–Crippen LogP) is 3.31. The summed E-state index contributed by atoms with van der Waals surface area (Å²) in [6, 6.07) is 10.0. The standard InChI is InChI=1S/C16H21N3OS2/c1-3-18(4-2)16(21)22-12-15(20)19-14(10-11-17-19)13-8-6-5-7-9-13/h5-9,11,14H,3-4,10,12H2,1-2H3/t14-/m0/s1. The molecule has 1 heterocycles. The van der Waals surface area contributed by atoms with Crippen LogP contribution in [-0.4, -0.2) is 45.2 Å². The molecule has 4 nitrogen and oxygen atoms in total. The lowest BCUT2D eigenvalue weighted by atomic mass is 10.0. The Labute approximate surface area is 141 Å². The van der Waals surface area contributed by atoms with E-state index in [2.05, 4.69) is 23.8 Å². The summed E-state index contributed by atoms with van der Waals surface area (Å²) in [7, 11) is 0. The third kappa shape index (κ3) is 4.08. The number of carbonyl (C=O) groups is 1. The van der Waals surface area contributed by atoms with Gasteiger partial charge in [0.2, 0.25) is 0 Å². The highest BCUT2D eigenvalue weighted by Gasteiger charge is 2.28. The van der Waals surface area contributed by atoms with Crippen molar-refractivity contribution in [2.24, 2.45) is 5.10 Å². The molecule has 2 rings (SSSR count). The quantitative estimate of drug-likeness (QED) is 0.774. The van der Waals surface area contributed by atoms with Crippen LogP contribution in [0.25, 0.3) is 0 Å². The Bertz CT molecular complexity index is 544. The van der Waals surface area contributed by atoms with Crippen molar-refractivity contribution in [2.45, 2.75) is 26.3 Å². The van der Waals surface area contributed by atoms with E-state index in [1.807, 2.05) is 36.5 Å². The third-order valence-corrected chi connectivity index (χ3v) is 5.12. The lowest BCUT2D eigenvalue weighted by Gasteiger charge is -2.24. The van der Waals surface area contributed by atoms with E-state index in [-0.39, 0.29) is 11.9 Å². The van der Waals surface area contributed by atoms with Gasteiger partial charge in [-0.25, -0.2) is 5.01 Å². The summed E-state index contributed by atoms with van der Waals surface area (Å²) in [4.78, 5) is 14.5. The molecular formula is C16H21N3OS2. The maximum absolute atomic E-state index is 12.4. The van der Waals surface area contributed by atoms with Gasteiger partial charge < -0.3 is 4.90 Å². The fourth-order valence-electron chi connectivity index (χ4n) is 2.37. The Morgan fingerprint density at radius 2 is 2.05 bits per heavy atom. The molecule has 6 heteroatoms. The van der Waals surface area contributed by atoms with E-state index in [1.54, 1.807) is 5.01 Å². The summed E-state index contributed by atoms with van der Waals surface area (Å²) in [6.07, 6.45) is 2.57. The van der Waals surface area contributed by atoms with Crippen molar-refractivity contribution in [3.05, 3.63) is 35.9 Å². The van der Waals surface area contributed by atoms with Crippen LogP contribution in [0.5, 0.6) is 0 Å². The largest absolute Gasteiger partial charge is 0.358 e. The number of thioether (sulfide) groups is 1. The van der Waals surface area contributed by atoms with E-state index in [0.29, 0.717) is 5.75 Å². The number of thiocarbonyl (C=S) groups is 1. The van der Waals surface area contributed by atoms with E-state index < -0.39 is 0 Å². The minimum absolute atomic E-state index is 0.00195. The van der Waals surface area contributed by atoms with E-state index in [9.17, 15) is 4.79 Å². The Hall–Kier alpha value is -1.40. The smallest absolute Gasteiger partial charge is 0.253 e. The maximum Gasteiger partial charge on any atom is 0.253 e. The Kier molecular flexibility index (Phi) is 6.39. The molecule has 0 N–H and O–H groups in total. The van der Waals surface area contributed by atoms with Crippen LogP contribution < -0.4 is 0 Å². The summed E-state index contributed by atoms with van der Waals surface area (Å²) in [5.74, 6) is 0.331. The molecule has 1 amide bonds. The molecule has 1 aromatic carbocycles. The second kappa shape index (κ2) is 8.29. The average molecular weight is 335 g/mol. The Morgan fingerprint density at radius 3 is 2.68 bits per heavy atom. The topological polar surface area (TPSA) is 35.9 Å². The molecule has 0 fully saturated rings. The maximum atomic E-state index is 12.4. The van der Waals surface area contributed by atoms with Gasteiger partial charge in [-0.2, -0.15) is 5.10 Å². The molecule has 0 saturated carbocycles. The summed E-state index contributed by atoms with van der Waals surface area (Å²) in [5.41, 5.74) is 1.12. The van der Waals surface area contributed by atoms with Crippen LogP contribution in [0.2, 0.25) is 0 Å². The molecule has 0 radical (unpaired) electrons. The van der Waals surface area contributed by atoms with Crippen molar-refractivity contribution in [3.8, 4) is 0 Å². The zero-order valence-electron chi connectivity index (χ0n) is 12.9. The minimum Gasteiger partial charge on any atom is -0.358 e. The molecule has 0 aromatic heterocycles. The number of carbonyl (C=O) groups excluding carboxylic acids is 1. The molecule has 0 aliphatic carbocycles. The Balaban J connectivity index is 1.94. The second-order valence-electron chi connectivity index (χ2n) is 4.93. The SMILES string of the molecule is CCN(CC)C(=S)SCC(=O)N1N=CC[C@H]1c1ccccc1. The highest BCUT2D eigenvalue weighted by Crippen LogP contribution is 2.28. The molecule has 0 unspecified atom stereocenters. The second-order valence-corrected chi connectivity index (χ2v) is 6.53. The van der Waals surface area contributed by atoms with Gasteiger partial charge in [0.15, 0.2) is 0 Å². The summed E-state index contributed by atoms with van der Waals surface area (Å²) in [5, 5.41) is 5.84. The first-order chi connectivity index (χ1) is 10.7. The van der Waals surface area contributed by atoms with Gasteiger partial charge in [0.1, 0.15) is 4.32 Å². The molecule has 1 aromatic rings. The van der Waals surface area contributed by atoms with Gasteiger partial charge >= 0.3 is 0 Å². The van der Waals surface area contributed by atoms with Gasteiger partial charge in [-0.1, -0.05) is 54.3 Å². The van der Waals surface area contributed by atoms with Gasteiger partial charge in [-0.3, -0.25) is 4.79 Å². The number of amides is 1. The van der Waals surface area contributed by atoms with Crippen molar-refractivity contribution in [3.63, 3.8) is 0 Å². The van der Waals surface area contributed by atoms with Crippen LogP contribution in [0.3, 0.4) is 0 Å². The molecule has 1 atom stereocenters. The summed E-state index contributed by atoms with van der Waals surface area (Å²) in [6.45, 7) is 5.86. The van der Waals surface area contributed by atoms with Crippen LogP contribution in [0.1, 0.15) is 31.9 Å². The van der Waals surface area contributed by atoms with Crippen molar-refractivity contribution < 1.29 is 4.79 Å². The number of hydrogen-bond donors (Lipinski definition) is 0. The highest BCUT2D eigenvalue weighted by atomic mass is 32.2.